The normalized spacial score (nSPS) is 26.3. The summed E-state index contributed by atoms with van der Waals surface area (Å²) in [5.74, 6) is 2.48. The number of rotatable bonds is 6. The molecule has 0 aliphatic heterocycles. The highest BCUT2D eigenvalue weighted by atomic mass is 32.2. The maximum Gasteiger partial charge on any atom is 0.129 e. The summed E-state index contributed by atoms with van der Waals surface area (Å²) in [6, 6.07) is 2.04. The third kappa shape index (κ3) is 4.33. The Kier molecular flexibility index (Phi) is 5.36. The molecular formula is C16H25N3OS. The van der Waals surface area contributed by atoms with Gasteiger partial charge in [-0.2, -0.15) is 11.8 Å². The first kappa shape index (κ1) is 15.1. The quantitative estimate of drug-likeness (QED) is 0.790. The third-order valence-electron chi connectivity index (χ3n) is 4.53. The van der Waals surface area contributed by atoms with Crippen LogP contribution in [0.3, 0.4) is 0 Å². The fourth-order valence-electron chi connectivity index (χ4n) is 3.16. The predicted molar refractivity (Wildman–Crippen MR) is 87.8 cm³/mol. The van der Waals surface area contributed by atoms with Crippen LogP contribution in [-0.4, -0.2) is 38.7 Å². The number of aromatic nitrogens is 2. The van der Waals surface area contributed by atoms with Gasteiger partial charge in [0.25, 0.3) is 0 Å². The van der Waals surface area contributed by atoms with E-state index in [1.165, 1.54) is 32.1 Å². The second-order valence-corrected chi connectivity index (χ2v) is 7.62. The number of hydrogen-bond acceptors (Lipinski definition) is 5. The monoisotopic (exact) mass is 307 g/mol. The van der Waals surface area contributed by atoms with Crippen LogP contribution in [0.2, 0.25) is 0 Å². The molecule has 0 radical (unpaired) electrons. The van der Waals surface area contributed by atoms with E-state index in [-0.39, 0.29) is 6.10 Å². The van der Waals surface area contributed by atoms with Gasteiger partial charge in [-0.1, -0.05) is 19.3 Å². The largest absolute Gasteiger partial charge is 0.393 e. The molecule has 3 rings (SSSR count). The molecule has 0 saturated heterocycles. The van der Waals surface area contributed by atoms with Crippen molar-refractivity contribution in [2.45, 2.75) is 62.2 Å². The standard InChI is InChI=1S/C16H25N3OS/c20-13-8-12(9-13)15-10-16(19-11-18-15)17-6-7-21-14-4-2-1-3-5-14/h10-14,20H,1-9H2,(H,17,18,19). The van der Waals surface area contributed by atoms with Crippen molar-refractivity contribution in [3.05, 3.63) is 18.1 Å². The van der Waals surface area contributed by atoms with E-state index in [9.17, 15) is 5.11 Å². The van der Waals surface area contributed by atoms with Gasteiger partial charge in [-0.15, -0.1) is 0 Å². The average Bonchev–Trinajstić information content (AvgIpc) is 2.50. The number of nitrogens with one attached hydrogen (secondary N) is 1. The Labute approximate surface area is 131 Å². The summed E-state index contributed by atoms with van der Waals surface area (Å²) in [5, 5.41) is 13.7. The summed E-state index contributed by atoms with van der Waals surface area (Å²) in [6.07, 6.45) is 10.2. The second kappa shape index (κ2) is 7.45. The van der Waals surface area contributed by atoms with Crippen molar-refractivity contribution in [3.8, 4) is 0 Å². The molecule has 2 aliphatic rings. The molecule has 0 atom stereocenters. The minimum absolute atomic E-state index is 0.131. The molecule has 0 unspecified atom stereocenters. The van der Waals surface area contributed by atoms with Crippen LogP contribution in [0, 0.1) is 0 Å². The molecule has 2 aliphatic carbocycles. The molecule has 1 aromatic heterocycles. The number of aliphatic hydroxyl groups is 1. The highest BCUT2D eigenvalue weighted by molar-refractivity contribution is 7.99. The van der Waals surface area contributed by atoms with Crippen LogP contribution < -0.4 is 5.32 Å². The average molecular weight is 307 g/mol. The van der Waals surface area contributed by atoms with Crippen LogP contribution in [0.5, 0.6) is 0 Å². The van der Waals surface area contributed by atoms with Gasteiger partial charge in [-0.3, -0.25) is 0 Å². The zero-order chi connectivity index (χ0) is 14.5. The van der Waals surface area contributed by atoms with Crippen molar-refractivity contribution in [2.24, 2.45) is 0 Å². The Balaban J connectivity index is 1.39. The fourth-order valence-corrected chi connectivity index (χ4v) is 4.38. The van der Waals surface area contributed by atoms with Crippen molar-refractivity contribution in [2.75, 3.05) is 17.6 Å². The van der Waals surface area contributed by atoms with Gasteiger partial charge in [-0.05, 0) is 25.7 Å². The zero-order valence-corrected chi connectivity index (χ0v) is 13.3. The first-order chi connectivity index (χ1) is 10.3. The Morgan fingerprint density at radius 1 is 1.19 bits per heavy atom. The summed E-state index contributed by atoms with van der Waals surface area (Å²) >= 11 is 2.10. The van der Waals surface area contributed by atoms with Crippen molar-refractivity contribution < 1.29 is 5.11 Å². The van der Waals surface area contributed by atoms with Crippen molar-refractivity contribution >= 4 is 17.6 Å². The Morgan fingerprint density at radius 3 is 2.76 bits per heavy atom. The number of hydrogen-bond donors (Lipinski definition) is 2. The van der Waals surface area contributed by atoms with Gasteiger partial charge >= 0.3 is 0 Å². The molecule has 0 bridgehead atoms. The van der Waals surface area contributed by atoms with Crippen molar-refractivity contribution in [1.82, 2.24) is 9.97 Å². The van der Waals surface area contributed by atoms with E-state index in [1.54, 1.807) is 6.33 Å². The Morgan fingerprint density at radius 2 is 2.00 bits per heavy atom. The minimum atomic E-state index is -0.131. The molecule has 0 amide bonds. The summed E-state index contributed by atoms with van der Waals surface area (Å²) < 4.78 is 0. The summed E-state index contributed by atoms with van der Waals surface area (Å²) in [5.41, 5.74) is 1.07. The lowest BCUT2D eigenvalue weighted by molar-refractivity contribution is 0.0732. The number of nitrogens with zero attached hydrogens (tertiary/aromatic N) is 2. The van der Waals surface area contributed by atoms with Gasteiger partial charge in [0.05, 0.1) is 6.10 Å². The Hall–Kier alpha value is -0.810. The first-order valence-electron chi connectivity index (χ1n) is 8.17. The Bertz CT molecular complexity index is 445. The van der Waals surface area contributed by atoms with Crippen LogP contribution in [-0.2, 0) is 0 Å². The van der Waals surface area contributed by atoms with Crippen molar-refractivity contribution in [3.63, 3.8) is 0 Å². The van der Waals surface area contributed by atoms with Gasteiger partial charge in [0, 0.05) is 35.2 Å². The number of aliphatic hydroxyl groups excluding tert-OH is 1. The molecule has 4 nitrogen and oxygen atoms in total. The topological polar surface area (TPSA) is 58.0 Å². The molecule has 1 aromatic rings. The second-order valence-electron chi connectivity index (χ2n) is 6.21. The van der Waals surface area contributed by atoms with E-state index in [4.69, 9.17) is 0 Å². The van der Waals surface area contributed by atoms with Gasteiger partial charge in [0.15, 0.2) is 0 Å². The first-order valence-corrected chi connectivity index (χ1v) is 9.21. The van der Waals surface area contributed by atoms with E-state index >= 15 is 0 Å². The van der Waals surface area contributed by atoms with E-state index < -0.39 is 0 Å². The maximum atomic E-state index is 9.38. The highest BCUT2D eigenvalue weighted by Gasteiger charge is 2.29. The van der Waals surface area contributed by atoms with Crippen molar-refractivity contribution in [1.29, 1.82) is 0 Å². The molecule has 21 heavy (non-hydrogen) atoms. The molecule has 1 heterocycles. The third-order valence-corrected chi connectivity index (χ3v) is 5.92. The molecule has 0 aromatic carbocycles. The maximum absolute atomic E-state index is 9.38. The summed E-state index contributed by atoms with van der Waals surface area (Å²) in [7, 11) is 0. The fraction of sp³-hybridized carbons (Fsp3) is 0.750. The van der Waals surface area contributed by atoms with Crippen LogP contribution in [0.4, 0.5) is 5.82 Å². The highest BCUT2D eigenvalue weighted by Crippen LogP contribution is 2.36. The lowest BCUT2D eigenvalue weighted by atomic mass is 9.80. The SMILES string of the molecule is OC1CC(c2cc(NCCSC3CCCCC3)ncn2)C1. The van der Waals surface area contributed by atoms with Gasteiger partial charge in [0.2, 0.25) is 0 Å². The van der Waals surface area contributed by atoms with Gasteiger partial charge in [0.1, 0.15) is 12.1 Å². The van der Waals surface area contributed by atoms with Crippen LogP contribution in [0.1, 0.15) is 56.6 Å². The van der Waals surface area contributed by atoms with Gasteiger partial charge < -0.3 is 10.4 Å². The summed E-state index contributed by atoms with van der Waals surface area (Å²) in [6.45, 7) is 0.963. The molecule has 2 fully saturated rings. The minimum Gasteiger partial charge on any atom is -0.393 e. The predicted octanol–water partition coefficient (Wildman–Crippen LogP) is 3.19. The smallest absolute Gasteiger partial charge is 0.129 e. The zero-order valence-electron chi connectivity index (χ0n) is 12.5. The van der Waals surface area contributed by atoms with Crippen LogP contribution in [0.25, 0.3) is 0 Å². The number of anilines is 1. The molecular weight excluding hydrogens is 282 g/mol. The van der Waals surface area contributed by atoms with E-state index in [2.05, 4.69) is 27.0 Å². The lowest BCUT2D eigenvalue weighted by Gasteiger charge is -2.30. The molecule has 2 N–H and O–H groups in total. The van der Waals surface area contributed by atoms with E-state index in [1.807, 2.05) is 6.07 Å². The van der Waals surface area contributed by atoms with E-state index in [0.29, 0.717) is 5.92 Å². The van der Waals surface area contributed by atoms with E-state index in [0.717, 1.165) is 41.9 Å². The molecule has 116 valence electrons. The van der Waals surface area contributed by atoms with Gasteiger partial charge in [-0.25, -0.2) is 9.97 Å². The molecule has 5 heteroatoms. The number of thioether (sulfide) groups is 1. The molecule has 2 saturated carbocycles. The lowest BCUT2D eigenvalue weighted by Crippen LogP contribution is -2.27. The summed E-state index contributed by atoms with van der Waals surface area (Å²) in [4.78, 5) is 8.62. The van der Waals surface area contributed by atoms with Crippen LogP contribution >= 0.6 is 11.8 Å². The van der Waals surface area contributed by atoms with Crippen LogP contribution in [0.15, 0.2) is 12.4 Å². The molecule has 0 spiro atoms.